The second-order valence-electron chi connectivity index (χ2n) is 28.0. The molecule has 0 bridgehead atoms. The third-order valence-corrected chi connectivity index (χ3v) is 20.7. The molecule has 0 aliphatic carbocycles. The average molecular weight is 1350 g/mol. The fourth-order valence-corrected chi connectivity index (χ4v) is 14.6. The lowest BCUT2D eigenvalue weighted by atomic mass is 9.83. The van der Waals surface area contributed by atoms with E-state index in [9.17, 15) is 47.9 Å². The molecule has 2 aliphatic rings. The normalized spacial score (nSPS) is 18.2. The number of thiazole rings is 1. The summed E-state index contributed by atoms with van der Waals surface area (Å²) in [5, 5.41) is 11.4. The van der Waals surface area contributed by atoms with E-state index >= 15 is 0 Å². The summed E-state index contributed by atoms with van der Waals surface area (Å²) < 4.78 is 12.3. The Bertz CT molecular complexity index is 3000. The molecular weight excluding hydrogens is 1240 g/mol. The third-order valence-electron chi connectivity index (χ3n) is 19.8. The van der Waals surface area contributed by atoms with E-state index in [1.807, 2.05) is 132 Å². The number of nitrogens with zero attached hydrogens (tertiary/aromatic N) is 5. The number of ketones is 3. The van der Waals surface area contributed by atoms with Gasteiger partial charge in [-0.1, -0.05) is 137 Å². The van der Waals surface area contributed by atoms with E-state index in [0.29, 0.717) is 71.0 Å². The number of carbonyl (C=O) groups excluding carboxylic acids is 10. The van der Waals surface area contributed by atoms with Crippen molar-refractivity contribution in [2.75, 3.05) is 54.5 Å². The maximum atomic E-state index is 15.0. The van der Waals surface area contributed by atoms with Crippen LogP contribution in [0.1, 0.15) is 180 Å². The molecule has 3 aromatic rings. The van der Waals surface area contributed by atoms with Crippen molar-refractivity contribution in [1.29, 1.82) is 0 Å². The Kier molecular flexibility index (Phi) is 33.0. The summed E-state index contributed by atoms with van der Waals surface area (Å²) in [6.07, 6.45) is 6.62. The van der Waals surface area contributed by atoms with Crippen molar-refractivity contribution in [3.05, 3.63) is 87.9 Å². The van der Waals surface area contributed by atoms with Gasteiger partial charge in [-0.2, -0.15) is 0 Å². The minimum Gasteiger partial charge on any atom is -0.379 e. The Morgan fingerprint density at radius 1 is 0.771 bits per heavy atom. The zero-order valence-corrected chi connectivity index (χ0v) is 60.6. The van der Waals surface area contributed by atoms with Crippen molar-refractivity contribution in [3.8, 4) is 0 Å². The van der Waals surface area contributed by atoms with Crippen LogP contribution >= 0.6 is 11.3 Å². The lowest BCUT2D eigenvalue weighted by molar-refractivity contribution is -0.149. The highest BCUT2D eigenvalue weighted by Crippen LogP contribution is 2.33. The van der Waals surface area contributed by atoms with Gasteiger partial charge in [-0.15, -0.1) is 11.3 Å². The van der Waals surface area contributed by atoms with Crippen LogP contribution in [-0.4, -0.2) is 174 Å². The van der Waals surface area contributed by atoms with Crippen LogP contribution in [0.4, 0.5) is 4.79 Å². The zero-order valence-electron chi connectivity index (χ0n) is 59.8. The number of aromatic nitrogens is 1. The van der Waals surface area contributed by atoms with E-state index in [0.717, 1.165) is 28.1 Å². The second-order valence-corrected chi connectivity index (χ2v) is 28.9. The summed E-state index contributed by atoms with van der Waals surface area (Å²) in [6.45, 7) is 20.9. The number of urea groups is 1. The molecule has 96 heavy (non-hydrogen) atoms. The molecule has 8 amide bonds. The van der Waals surface area contributed by atoms with Gasteiger partial charge in [0, 0.05) is 109 Å². The third kappa shape index (κ3) is 23.5. The van der Waals surface area contributed by atoms with Crippen molar-refractivity contribution in [2.24, 2.45) is 53.1 Å². The summed E-state index contributed by atoms with van der Waals surface area (Å²) in [5.41, 5.74) is 8.09. The number of primary amides is 1. The largest absolute Gasteiger partial charge is 0.379 e. The highest BCUT2D eigenvalue weighted by molar-refractivity contribution is 7.09. The minimum atomic E-state index is -0.894. The van der Waals surface area contributed by atoms with Gasteiger partial charge in [-0.3, -0.25) is 53.0 Å². The van der Waals surface area contributed by atoms with E-state index in [1.165, 1.54) is 16.2 Å². The van der Waals surface area contributed by atoms with Gasteiger partial charge in [0.2, 0.25) is 35.4 Å². The molecule has 3 heterocycles. The molecular formula is C74H113N9O12S. The average Bonchev–Trinajstić information content (AvgIpc) is 1.38. The molecule has 2 aromatic carbocycles. The van der Waals surface area contributed by atoms with Gasteiger partial charge in [-0.25, -0.2) is 9.78 Å². The van der Waals surface area contributed by atoms with Gasteiger partial charge in [0.1, 0.15) is 10.8 Å². The molecule has 0 spiro atoms. The Morgan fingerprint density at radius 3 is 2.03 bits per heavy atom. The number of likely N-dealkylation sites (N-methyl/N-ethyl adjacent to an activating group) is 2. The molecule has 2 fully saturated rings. The monoisotopic (exact) mass is 1350 g/mol. The SMILES string of the molecule is CC[C@H](C)[C@@H]([C@@H](CC(=O)N1CCC[C@H]1[C@H](OC)[C@@H](C)C(=O)N[C@@H](Cc1ccccc1)c1nccs1)OC)N(C)C(=O)[C@@H](CC(=O)[C@H](C(C)C)N(C)CCc1ccc(CC(=O)[C@H](CCCNC(N)=O)NC(=O)[C@@H](CC(=O)CCCCCN2C(=O)CC(C)C2=O)C(C)C)cc1)C(C)C. The molecule has 21 nitrogen and oxygen atoms in total. The van der Waals surface area contributed by atoms with E-state index in [1.54, 1.807) is 39.3 Å². The number of imide groups is 1. The summed E-state index contributed by atoms with van der Waals surface area (Å²) in [4.78, 5) is 147. The van der Waals surface area contributed by atoms with Gasteiger partial charge in [0.05, 0.1) is 54.8 Å². The quantitative estimate of drug-likeness (QED) is 0.0304. The number of methoxy groups -OCH3 is 2. The number of hydrogen-bond acceptors (Lipinski definition) is 15. The van der Waals surface area contributed by atoms with E-state index in [2.05, 4.69) is 27.9 Å². The first-order chi connectivity index (χ1) is 45.6. The van der Waals surface area contributed by atoms with E-state index < -0.39 is 60.0 Å². The van der Waals surface area contributed by atoms with Crippen molar-refractivity contribution in [3.63, 3.8) is 0 Å². The number of amides is 8. The highest BCUT2D eigenvalue weighted by atomic mass is 32.1. The number of ether oxygens (including phenoxy) is 2. The summed E-state index contributed by atoms with van der Waals surface area (Å²) in [7, 11) is 6.85. The van der Waals surface area contributed by atoms with Crippen molar-refractivity contribution in [1.82, 2.24) is 40.5 Å². The first-order valence-corrected chi connectivity index (χ1v) is 35.9. The fraction of sp³-hybridized carbons (Fsp3) is 0.662. The van der Waals surface area contributed by atoms with Crippen LogP contribution in [0.15, 0.2) is 66.2 Å². The van der Waals surface area contributed by atoms with Crippen molar-refractivity contribution < 1.29 is 57.4 Å². The number of carbonyl (C=O) groups is 10. The van der Waals surface area contributed by atoms with Gasteiger partial charge < -0.3 is 41.0 Å². The minimum absolute atomic E-state index is 0.00307. The predicted molar refractivity (Wildman–Crippen MR) is 373 cm³/mol. The molecule has 2 aliphatic heterocycles. The fourth-order valence-electron chi connectivity index (χ4n) is 13.9. The Hall–Kier alpha value is -6.75. The van der Waals surface area contributed by atoms with Gasteiger partial charge in [0.15, 0.2) is 11.6 Å². The van der Waals surface area contributed by atoms with Crippen LogP contribution in [0, 0.1) is 47.3 Å². The van der Waals surface area contributed by atoms with Crippen LogP contribution in [0.3, 0.4) is 0 Å². The lowest BCUT2D eigenvalue weighted by Gasteiger charge is -2.41. The Labute approximate surface area is 575 Å². The lowest BCUT2D eigenvalue weighted by Crippen LogP contribution is -2.54. The molecule has 12 atom stereocenters. The second kappa shape index (κ2) is 39.6. The van der Waals surface area contributed by atoms with Gasteiger partial charge in [0.25, 0.3) is 0 Å². The van der Waals surface area contributed by atoms with Crippen LogP contribution < -0.4 is 21.7 Å². The van der Waals surface area contributed by atoms with E-state index in [4.69, 9.17) is 15.2 Å². The molecule has 5 rings (SSSR count). The summed E-state index contributed by atoms with van der Waals surface area (Å²) >= 11 is 1.49. The van der Waals surface area contributed by atoms with Crippen LogP contribution in [0.25, 0.3) is 0 Å². The van der Waals surface area contributed by atoms with Crippen LogP contribution in [-0.2, 0) is 71.9 Å². The van der Waals surface area contributed by atoms with Crippen molar-refractivity contribution in [2.45, 2.75) is 214 Å². The van der Waals surface area contributed by atoms with Crippen LogP contribution in [0.5, 0.6) is 0 Å². The molecule has 1 unspecified atom stereocenters. The first-order valence-electron chi connectivity index (χ1n) is 35.0. The van der Waals surface area contributed by atoms with Gasteiger partial charge in [-0.05, 0) is 98.8 Å². The number of benzene rings is 2. The van der Waals surface area contributed by atoms with E-state index in [-0.39, 0.29) is 140 Å². The number of hydrogen-bond donors (Lipinski definition) is 4. The van der Waals surface area contributed by atoms with Gasteiger partial charge >= 0.3 is 6.03 Å². The molecule has 0 saturated carbocycles. The first kappa shape index (κ1) is 79.9. The highest BCUT2D eigenvalue weighted by Gasteiger charge is 2.44. The number of unbranched alkanes of at least 4 members (excludes halogenated alkanes) is 2. The number of rotatable bonds is 43. The molecule has 5 N–H and O–H groups in total. The number of nitrogens with two attached hydrogens (primary N) is 1. The number of Topliss-reactive ketones (excluding diaryl/α,β-unsaturated/α-hetero) is 3. The summed E-state index contributed by atoms with van der Waals surface area (Å²) in [6, 6.07) is 14.3. The van der Waals surface area contributed by atoms with Crippen molar-refractivity contribution >= 4 is 70.2 Å². The Morgan fingerprint density at radius 2 is 1.45 bits per heavy atom. The molecule has 22 heteroatoms. The molecule has 1 aromatic heterocycles. The maximum Gasteiger partial charge on any atom is 0.312 e. The topological polar surface area (TPSA) is 277 Å². The predicted octanol–water partition coefficient (Wildman–Crippen LogP) is 9.13. The Balaban J connectivity index is 1.18. The molecule has 2 saturated heterocycles. The van der Waals surface area contributed by atoms with Crippen LogP contribution in [0.2, 0.25) is 0 Å². The smallest absolute Gasteiger partial charge is 0.312 e. The standard InChI is InChI=1S/C74H113N9O12S/c1-15-49(8)67(63(94-13)45-65(88)82-37-23-28-60(82)68(95-14)51(10)69(89)79-59(71-76-35-39-96-71)41-53-24-18-16-19-25-53)81(12)73(92)57(47(4)5)44-62(86)66(48(6)7)80(11)38-33-52-29-31-54(32-30-52)42-61(85)58(27-22-34-77-74(75)93)78-70(90)56(46(2)3)43-55(84)26-20-17-21-36-83-64(87)40-50(9)72(83)91/h16,18-19,24-25,29-32,35,39,46-51,56-60,63,66-68H,15,17,20-23,26-28,33-34,36-38,40-45H2,1-14H3,(H,78,90)(H,79,89)(H3,75,77,93)/t49-,50?,51+,56-,57-,58-,59-,60-,63+,66-,67-,68+/m0/s1. The summed E-state index contributed by atoms with van der Waals surface area (Å²) in [5.74, 6) is -4.39. The number of likely N-dealkylation sites (tertiary alicyclic amines) is 2. The molecule has 532 valence electrons. The molecule has 0 radical (unpaired) electrons. The number of nitrogens with one attached hydrogen (secondary N) is 3. The maximum absolute atomic E-state index is 15.0. The zero-order chi connectivity index (χ0) is 70.9.